The van der Waals surface area contributed by atoms with Crippen LogP contribution in [0.15, 0.2) is 48.6 Å². The minimum Gasteiger partial charge on any atom is -0.438 e. The Morgan fingerprint density at radius 3 is 1.28 bits per heavy atom. The van der Waals surface area contributed by atoms with E-state index in [9.17, 15) is 19.2 Å². The van der Waals surface area contributed by atoms with Gasteiger partial charge in [-0.2, -0.15) is 10.1 Å². The van der Waals surface area contributed by atoms with Crippen molar-refractivity contribution in [2.75, 3.05) is 26.7 Å². The van der Waals surface area contributed by atoms with Gasteiger partial charge in [0.1, 0.15) is 0 Å². The summed E-state index contributed by atoms with van der Waals surface area (Å²) in [4.78, 5) is 59.0. The molecule has 0 bridgehead atoms. The lowest BCUT2D eigenvalue weighted by atomic mass is 10.1. The van der Waals surface area contributed by atoms with E-state index in [2.05, 4.69) is 13.2 Å². The fourth-order valence-electron chi connectivity index (χ4n) is 2.14. The second-order valence-electron chi connectivity index (χ2n) is 6.46. The zero-order valence-corrected chi connectivity index (χ0v) is 18.7. The summed E-state index contributed by atoms with van der Waals surface area (Å²) in [5, 5.41) is 1.78. The Hall–Kier alpha value is -3.50. The van der Waals surface area contributed by atoms with Gasteiger partial charge in [-0.3, -0.25) is 19.3 Å². The van der Waals surface area contributed by atoms with E-state index in [1.807, 2.05) is 0 Å². The van der Waals surface area contributed by atoms with Crippen molar-refractivity contribution in [1.82, 2.24) is 10.1 Å². The summed E-state index contributed by atoms with van der Waals surface area (Å²) in [5.41, 5.74) is 0.755. The van der Waals surface area contributed by atoms with Gasteiger partial charge in [-0.25, -0.2) is 9.59 Å². The molecular formula is C22H28N2O8. The SMILES string of the molecule is C=C(C)C(=O)OCN(OCC)C(=O)c1ccc(C(=O)N(COC(=O)C(=C)C)OCC)cc1. The second kappa shape index (κ2) is 13.0. The number of benzene rings is 1. The number of carbonyl (C=O) groups excluding carboxylic acids is 4. The van der Waals surface area contributed by atoms with Crippen LogP contribution in [-0.4, -0.2) is 60.6 Å². The van der Waals surface area contributed by atoms with E-state index in [1.54, 1.807) is 13.8 Å². The van der Waals surface area contributed by atoms with Crippen LogP contribution in [0.5, 0.6) is 0 Å². The van der Waals surface area contributed by atoms with Crippen LogP contribution < -0.4 is 0 Å². The molecular weight excluding hydrogens is 420 g/mol. The molecule has 0 aliphatic carbocycles. The average molecular weight is 448 g/mol. The minimum absolute atomic E-state index is 0.166. The maximum Gasteiger partial charge on any atom is 0.334 e. The fraction of sp³-hybridized carbons (Fsp3) is 0.364. The van der Waals surface area contributed by atoms with Crippen molar-refractivity contribution < 1.29 is 38.3 Å². The third-order valence-electron chi connectivity index (χ3n) is 3.72. The smallest absolute Gasteiger partial charge is 0.334 e. The summed E-state index contributed by atoms with van der Waals surface area (Å²) in [5.74, 6) is -2.46. The normalized spacial score (nSPS) is 10.1. The van der Waals surface area contributed by atoms with Crippen molar-refractivity contribution in [2.24, 2.45) is 0 Å². The molecule has 0 unspecified atom stereocenters. The molecule has 0 aromatic heterocycles. The Kier molecular flexibility index (Phi) is 10.8. The topological polar surface area (TPSA) is 112 Å². The zero-order chi connectivity index (χ0) is 24.3. The summed E-state index contributed by atoms with van der Waals surface area (Å²) in [7, 11) is 0. The Balaban J connectivity index is 2.90. The van der Waals surface area contributed by atoms with Crippen molar-refractivity contribution in [3.8, 4) is 0 Å². The van der Waals surface area contributed by atoms with E-state index in [0.717, 1.165) is 10.1 Å². The van der Waals surface area contributed by atoms with Gasteiger partial charge in [-0.15, -0.1) is 0 Å². The summed E-state index contributed by atoms with van der Waals surface area (Å²) in [6.07, 6.45) is 0. The van der Waals surface area contributed by atoms with E-state index in [4.69, 9.17) is 19.1 Å². The van der Waals surface area contributed by atoms with Gasteiger partial charge in [-0.05, 0) is 52.0 Å². The highest BCUT2D eigenvalue weighted by molar-refractivity contribution is 5.97. The van der Waals surface area contributed by atoms with Crippen LogP contribution in [0.4, 0.5) is 0 Å². The van der Waals surface area contributed by atoms with Gasteiger partial charge < -0.3 is 9.47 Å². The standard InChI is InChI=1S/C22H28N2O8/c1-7-31-23(13-29-21(27)15(3)4)19(25)17-9-11-18(12-10-17)20(26)24(32-8-2)14-30-22(28)16(5)6/h9-12H,3,5,7-8,13-14H2,1-2,4,6H3. The third-order valence-corrected chi connectivity index (χ3v) is 3.72. The molecule has 1 rings (SSSR count). The first-order chi connectivity index (χ1) is 15.1. The van der Waals surface area contributed by atoms with Crippen LogP contribution >= 0.6 is 0 Å². The highest BCUT2D eigenvalue weighted by atomic mass is 16.7. The Morgan fingerprint density at radius 1 is 0.719 bits per heavy atom. The molecule has 0 N–H and O–H groups in total. The van der Waals surface area contributed by atoms with Crippen molar-refractivity contribution in [2.45, 2.75) is 27.7 Å². The van der Waals surface area contributed by atoms with Gasteiger partial charge in [0, 0.05) is 22.3 Å². The molecule has 0 aliphatic heterocycles. The number of hydroxylamine groups is 4. The molecule has 0 spiro atoms. The first-order valence-electron chi connectivity index (χ1n) is 9.77. The first-order valence-corrected chi connectivity index (χ1v) is 9.77. The molecule has 1 aromatic carbocycles. The van der Waals surface area contributed by atoms with E-state index >= 15 is 0 Å². The fourth-order valence-corrected chi connectivity index (χ4v) is 2.14. The molecule has 2 amide bonds. The molecule has 0 aliphatic rings. The lowest BCUT2D eigenvalue weighted by Gasteiger charge is -2.22. The predicted molar refractivity (Wildman–Crippen MR) is 114 cm³/mol. The molecule has 174 valence electrons. The molecule has 0 saturated heterocycles. The minimum atomic E-state index is -0.660. The predicted octanol–water partition coefficient (Wildman–Crippen LogP) is 2.63. The lowest BCUT2D eigenvalue weighted by molar-refractivity contribution is -0.180. The third kappa shape index (κ3) is 7.97. The summed E-state index contributed by atoms with van der Waals surface area (Å²) in [6.45, 7) is 12.7. The Bertz CT molecular complexity index is 792. The van der Waals surface area contributed by atoms with Crippen LogP contribution in [0, 0.1) is 0 Å². The molecule has 32 heavy (non-hydrogen) atoms. The highest BCUT2D eigenvalue weighted by Gasteiger charge is 2.22. The van der Waals surface area contributed by atoms with Crippen LogP contribution in [0.25, 0.3) is 0 Å². The maximum atomic E-state index is 12.7. The summed E-state index contributed by atoms with van der Waals surface area (Å²) in [6, 6.07) is 5.64. The Labute approximate surface area is 186 Å². The van der Waals surface area contributed by atoms with Gasteiger partial charge in [0.25, 0.3) is 11.8 Å². The Morgan fingerprint density at radius 2 is 1.03 bits per heavy atom. The molecule has 1 aromatic rings. The van der Waals surface area contributed by atoms with Gasteiger partial charge in [0.2, 0.25) is 0 Å². The first kappa shape index (κ1) is 26.5. The van der Waals surface area contributed by atoms with Crippen LogP contribution in [0.2, 0.25) is 0 Å². The number of nitrogens with zero attached hydrogens (tertiary/aromatic N) is 2. The zero-order valence-electron chi connectivity index (χ0n) is 18.7. The van der Waals surface area contributed by atoms with Crippen molar-refractivity contribution in [1.29, 1.82) is 0 Å². The molecule has 0 atom stereocenters. The van der Waals surface area contributed by atoms with Crippen LogP contribution in [0.3, 0.4) is 0 Å². The number of amides is 2. The number of hydrogen-bond acceptors (Lipinski definition) is 8. The molecule has 0 heterocycles. The number of esters is 2. The van der Waals surface area contributed by atoms with E-state index in [0.29, 0.717) is 0 Å². The van der Waals surface area contributed by atoms with Crippen LogP contribution in [-0.2, 0) is 28.7 Å². The monoisotopic (exact) mass is 448 g/mol. The molecule has 10 nitrogen and oxygen atoms in total. The number of ether oxygens (including phenoxy) is 2. The van der Waals surface area contributed by atoms with Gasteiger partial charge >= 0.3 is 11.9 Å². The van der Waals surface area contributed by atoms with E-state index in [-0.39, 0.29) is 35.5 Å². The van der Waals surface area contributed by atoms with E-state index < -0.39 is 37.2 Å². The van der Waals surface area contributed by atoms with E-state index in [1.165, 1.54) is 38.1 Å². The second-order valence-corrected chi connectivity index (χ2v) is 6.46. The maximum absolute atomic E-state index is 12.7. The van der Waals surface area contributed by atoms with Crippen molar-refractivity contribution in [3.05, 3.63) is 59.7 Å². The van der Waals surface area contributed by atoms with Gasteiger partial charge in [0.05, 0.1) is 13.2 Å². The van der Waals surface area contributed by atoms with Gasteiger partial charge in [-0.1, -0.05) is 13.2 Å². The molecule has 0 fully saturated rings. The average Bonchev–Trinajstić information content (AvgIpc) is 2.77. The van der Waals surface area contributed by atoms with Crippen LogP contribution in [0.1, 0.15) is 48.4 Å². The quantitative estimate of drug-likeness (QED) is 0.208. The molecule has 0 saturated carbocycles. The summed E-state index contributed by atoms with van der Waals surface area (Å²) >= 11 is 0. The summed E-state index contributed by atoms with van der Waals surface area (Å²) < 4.78 is 9.92. The largest absolute Gasteiger partial charge is 0.438 e. The number of carbonyl (C=O) groups is 4. The van der Waals surface area contributed by atoms with Gasteiger partial charge in [0.15, 0.2) is 13.5 Å². The molecule has 10 heteroatoms. The van der Waals surface area contributed by atoms with Crippen molar-refractivity contribution in [3.63, 3.8) is 0 Å². The highest BCUT2D eigenvalue weighted by Crippen LogP contribution is 2.12. The number of rotatable bonds is 12. The molecule has 0 radical (unpaired) electrons. The number of hydrogen-bond donors (Lipinski definition) is 0. The van der Waals surface area contributed by atoms with Crippen molar-refractivity contribution >= 4 is 23.8 Å². The lowest BCUT2D eigenvalue weighted by Crippen LogP contribution is -2.35.